The van der Waals surface area contributed by atoms with Crippen molar-refractivity contribution in [3.63, 3.8) is 0 Å². The fourth-order valence-corrected chi connectivity index (χ4v) is 1.86. The first-order chi connectivity index (χ1) is 6.68. The van der Waals surface area contributed by atoms with Crippen molar-refractivity contribution in [1.82, 2.24) is 4.90 Å². The fraction of sp³-hybridized carbons (Fsp3) is 0.417. The van der Waals surface area contributed by atoms with Crippen LogP contribution in [0.15, 0.2) is 18.2 Å². The van der Waals surface area contributed by atoms with E-state index >= 15 is 0 Å². The maximum atomic E-state index is 11.7. The number of carbonyl (C=O) groups excluding carboxylic acids is 1. The summed E-state index contributed by atoms with van der Waals surface area (Å²) in [6.07, 6.45) is 0.937. The third kappa shape index (κ3) is 2.67. The minimum Gasteiger partial charge on any atom is -0.346 e. The largest absolute Gasteiger partial charge is 0.346 e. The van der Waals surface area contributed by atoms with Crippen molar-refractivity contribution in [3.8, 4) is 0 Å². The summed E-state index contributed by atoms with van der Waals surface area (Å²) >= 11 is 0. The number of likely N-dealkylation sites (N-methyl/N-ethyl adjacent to an activating group) is 1. The molecule has 0 bridgehead atoms. The molecule has 0 aliphatic carbocycles. The average Bonchev–Trinajstić information content (AvgIpc) is 2.50. The van der Waals surface area contributed by atoms with Gasteiger partial charge in [0.05, 0.1) is 0 Å². The van der Waals surface area contributed by atoms with Gasteiger partial charge in [0.25, 0.3) is 0 Å². The number of rotatable bonds is 1. The Hall–Kier alpha value is -0.206. The Kier molecular flexibility index (Phi) is 4.48. The zero-order valence-electron chi connectivity index (χ0n) is 9.16. The molecule has 1 radical (unpaired) electrons. The molecule has 1 amide bonds. The third-order valence-electron chi connectivity index (χ3n) is 2.82. The molecule has 1 aliphatic heterocycles. The SMILES string of the molecule is Cc1[c-]cc(C2CCN(C)C2=O)cc1.[Y]. The monoisotopic (exact) mass is 277 g/mol. The van der Waals surface area contributed by atoms with Crippen LogP contribution in [0.25, 0.3) is 0 Å². The van der Waals surface area contributed by atoms with Crippen molar-refractivity contribution in [1.29, 1.82) is 0 Å². The molecule has 77 valence electrons. The van der Waals surface area contributed by atoms with Crippen LogP contribution in [0.1, 0.15) is 23.5 Å². The predicted octanol–water partition coefficient (Wildman–Crippen LogP) is 1.74. The van der Waals surface area contributed by atoms with Crippen LogP contribution in [0.5, 0.6) is 0 Å². The summed E-state index contributed by atoms with van der Waals surface area (Å²) in [5.41, 5.74) is 2.22. The predicted molar refractivity (Wildman–Crippen MR) is 55.0 cm³/mol. The third-order valence-corrected chi connectivity index (χ3v) is 2.82. The smallest absolute Gasteiger partial charge is 0.218 e. The number of hydrogen-bond acceptors (Lipinski definition) is 1. The summed E-state index contributed by atoms with van der Waals surface area (Å²) in [6, 6.07) is 9.13. The molecular weight excluding hydrogens is 263 g/mol. The van der Waals surface area contributed by atoms with Gasteiger partial charge in [-0.05, 0) is 6.42 Å². The second kappa shape index (κ2) is 5.22. The molecule has 1 aliphatic rings. The minimum atomic E-state index is 0. The molecule has 1 heterocycles. The molecule has 15 heavy (non-hydrogen) atoms. The molecule has 0 aromatic heterocycles. The zero-order chi connectivity index (χ0) is 10.1. The summed E-state index contributed by atoms with van der Waals surface area (Å²) in [5.74, 6) is 0.305. The second-order valence-electron chi connectivity index (χ2n) is 3.91. The van der Waals surface area contributed by atoms with Gasteiger partial charge in [0, 0.05) is 52.2 Å². The molecule has 1 aromatic rings. The van der Waals surface area contributed by atoms with Gasteiger partial charge in [-0.3, -0.25) is 4.79 Å². The van der Waals surface area contributed by atoms with Crippen LogP contribution in [0, 0.1) is 13.0 Å². The van der Waals surface area contributed by atoms with Crippen LogP contribution in [0.2, 0.25) is 0 Å². The van der Waals surface area contributed by atoms with E-state index in [1.165, 1.54) is 0 Å². The Morgan fingerprint density at radius 2 is 2.20 bits per heavy atom. The molecule has 2 nitrogen and oxygen atoms in total. The van der Waals surface area contributed by atoms with E-state index < -0.39 is 0 Å². The van der Waals surface area contributed by atoms with Crippen LogP contribution in [-0.4, -0.2) is 24.4 Å². The van der Waals surface area contributed by atoms with Gasteiger partial charge in [-0.1, -0.05) is 6.92 Å². The molecule has 1 saturated heterocycles. The van der Waals surface area contributed by atoms with Crippen molar-refractivity contribution in [2.45, 2.75) is 19.3 Å². The van der Waals surface area contributed by atoms with E-state index in [2.05, 4.69) is 6.07 Å². The number of nitrogens with zero attached hydrogens (tertiary/aromatic N) is 1. The van der Waals surface area contributed by atoms with Gasteiger partial charge in [-0.25, -0.2) is 0 Å². The van der Waals surface area contributed by atoms with Gasteiger partial charge in [0.2, 0.25) is 5.91 Å². The Bertz CT molecular complexity index is 347. The second-order valence-corrected chi connectivity index (χ2v) is 3.91. The number of benzene rings is 1. The van der Waals surface area contributed by atoms with Gasteiger partial charge in [-0.2, -0.15) is 29.8 Å². The van der Waals surface area contributed by atoms with Gasteiger partial charge < -0.3 is 4.90 Å². The first kappa shape index (κ1) is 12.9. The topological polar surface area (TPSA) is 20.3 Å². The zero-order valence-corrected chi connectivity index (χ0v) is 12.0. The number of hydrogen-bond donors (Lipinski definition) is 0. The molecule has 0 N–H and O–H groups in total. The number of aryl methyl sites for hydroxylation is 1. The Morgan fingerprint density at radius 1 is 1.47 bits per heavy atom. The molecule has 2 rings (SSSR count). The van der Waals surface area contributed by atoms with Crippen LogP contribution in [0.4, 0.5) is 0 Å². The van der Waals surface area contributed by atoms with E-state index in [1.54, 1.807) is 4.90 Å². The van der Waals surface area contributed by atoms with Crippen LogP contribution < -0.4 is 0 Å². The van der Waals surface area contributed by atoms with E-state index in [0.717, 1.165) is 24.1 Å². The van der Waals surface area contributed by atoms with Gasteiger partial charge in [0.1, 0.15) is 0 Å². The summed E-state index contributed by atoms with van der Waals surface area (Å²) in [5, 5.41) is 0. The quantitative estimate of drug-likeness (QED) is 0.716. The summed E-state index contributed by atoms with van der Waals surface area (Å²) in [4.78, 5) is 13.5. The van der Waals surface area contributed by atoms with Crippen molar-refractivity contribution < 1.29 is 37.5 Å². The first-order valence-electron chi connectivity index (χ1n) is 4.91. The maximum absolute atomic E-state index is 11.7. The van der Waals surface area contributed by atoms with Gasteiger partial charge in [0.15, 0.2) is 0 Å². The Labute approximate surface area is 116 Å². The van der Waals surface area contributed by atoms with Crippen LogP contribution in [-0.2, 0) is 37.5 Å². The minimum absolute atomic E-state index is 0. The Morgan fingerprint density at radius 3 is 2.67 bits per heavy atom. The number of carbonyl (C=O) groups is 1. The van der Waals surface area contributed by atoms with Crippen LogP contribution in [0.3, 0.4) is 0 Å². The average molecular weight is 277 g/mol. The van der Waals surface area contributed by atoms with E-state index in [-0.39, 0.29) is 44.5 Å². The van der Waals surface area contributed by atoms with E-state index in [1.807, 2.05) is 32.2 Å². The van der Waals surface area contributed by atoms with E-state index in [9.17, 15) is 4.79 Å². The summed E-state index contributed by atoms with van der Waals surface area (Å²) in [7, 11) is 1.86. The van der Waals surface area contributed by atoms with Gasteiger partial charge in [-0.15, -0.1) is 5.56 Å². The number of amides is 1. The molecule has 0 saturated carbocycles. The molecule has 1 aromatic carbocycles. The van der Waals surface area contributed by atoms with E-state index in [4.69, 9.17) is 0 Å². The normalized spacial score (nSPS) is 20.3. The molecule has 3 heteroatoms. The summed E-state index contributed by atoms with van der Waals surface area (Å²) < 4.78 is 0. The van der Waals surface area contributed by atoms with Crippen molar-refractivity contribution in [2.75, 3.05) is 13.6 Å². The van der Waals surface area contributed by atoms with Crippen LogP contribution >= 0.6 is 0 Å². The molecule has 1 fully saturated rings. The molecule has 1 atom stereocenters. The molecule has 0 spiro atoms. The summed E-state index contributed by atoms with van der Waals surface area (Å²) in [6.45, 7) is 2.88. The molecular formula is C12H14NOY-. The number of likely N-dealkylation sites (tertiary alicyclic amines) is 1. The maximum Gasteiger partial charge on any atom is 0.218 e. The standard InChI is InChI=1S/C12H14NO.Y/c1-9-3-5-10(6-4-9)11-7-8-13(2)12(11)14;/h3,5-6,11H,7-8H2,1-2H3;/q-1;. The Balaban J connectivity index is 0.00000112. The first-order valence-corrected chi connectivity index (χ1v) is 4.91. The van der Waals surface area contributed by atoms with Gasteiger partial charge >= 0.3 is 0 Å². The van der Waals surface area contributed by atoms with Crippen molar-refractivity contribution >= 4 is 5.91 Å². The molecule has 1 unspecified atom stereocenters. The van der Waals surface area contributed by atoms with E-state index in [0.29, 0.717) is 0 Å². The van der Waals surface area contributed by atoms with Crippen molar-refractivity contribution in [3.05, 3.63) is 35.4 Å². The fourth-order valence-electron chi connectivity index (χ4n) is 1.86. The van der Waals surface area contributed by atoms with Crippen molar-refractivity contribution in [2.24, 2.45) is 0 Å².